The molecule has 1 atom stereocenters. The van der Waals surface area contributed by atoms with Gasteiger partial charge in [-0.05, 0) is 24.2 Å². The first-order valence-electron chi connectivity index (χ1n) is 5.07. The first kappa shape index (κ1) is 10.7. The molecule has 0 amide bonds. The van der Waals surface area contributed by atoms with E-state index in [1.807, 2.05) is 0 Å². The number of ketones is 1. The van der Waals surface area contributed by atoms with Crippen LogP contribution in [0, 0.1) is 11.3 Å². The van der Waals surface area contributed by atoms with E-state index in [0.717, 1.165) is 32.3 Å². The molecule has 1 unspecified atom stereocenters. The summed E-state index contributed by atoms with van der Waals surface area (Å²) in [4.78, 5) is 11.3. The lowest BCUT2D eigenvalue weighted by atomic mass is 9.67. The van der Waals surface area contributed by atoms with Gasteiger partial charge in [0.1, 0.15) is 5.78 Å². The first-order valence-corrected chi connectivity index (χ1v) is 5.07. The Bertz CT molecular complexity index is 185. The van der Waals surface area contributed by atoms with Crippen LogP contribution >= 0.6 is 0 Å². The summed E-state index contributed by atoms with van der Waals surface area (Å²) in [6.07, 6.45) is 3.60. The summed E-state index contributed by atoms with van der Waals surface area (Å²) in [5.41, 5.74) is 0.326. The topological polar surface area (TPSA) is 26.3 Å². The van der Waals surface area contributed by atoms with Crippen LogP contribution in [0.2, 0.25) is 0 Å². The maximum atomic E-state index is 11.3. The molecule has 1 fully saturated rings. The Labute approximate surface area is 80.7 Å². The predicted octanol–water partition coefficient (Wildman–Crippen LogP) is 2.42. The van der Waals surface area contributed by atoms with Crippen molar-refractivity contribution < 1.29 is 9.53 Å². The fourth-order valence-corrected chi connectivity index (χ4v) is 2.07. The number of Topliss-reactive ketones (excluding diaryl/α,β-unsaturated/α-hetero) is 1. The summed E-state index contributed by atoms with van der Waals surface area (Å²) in [5, 5.41) is 0. The molecule has 0 aromatic rings. The van der Waals surface area contributed by atoms with E-state index in [1.54, 1.807) is 7.11 Å². The van der Waals surface area contributed by atoms with Gasteiger partial charge in [-0.1, -0.05) is 13.8 Å². The van der Waals surface area contributed by atoms with Crippen LogP contribution in [-0.4, -0.2) is 19.5 Å². The van der Waals surface area contributed by atoms with Gasteiger partial charge in [0, 0.05) is 26.6 Å². The number of carbonyl (C=O) groups excluding carboxylic acids is 1. The van der Waals surface area contributed by atoms with Crippen molar-refractivity contribution in [2.75, 3.05) is 13.7 Å². The van der Waals surface area contributed by atoms with Crippen molar-refractivity contribution in [1.29, 1.82) is 0 Å². The Hall–Kier alpha value is -0.370. The van der Waals surface area contributed by atoms with E-state index in [0.29, 0.717) is 17.1 Å². The van der Waals surface area contributed by atoms with Crippen molar-refractivity contribution >= 4 is 5.78 Å². The van der Waals surface area contributed by atoms with Gasteiger partial charge in [0.2, 0.25) is 0 Å². The molecule has 0 aromatic heterocycles. The number of methoxy groups -OCH3 is 1. The van der Waals surface area contributed by atoms with Crippen LogP contribution in [0.4, 0.5) is 0 Å². The van der Waals surface area contributed by atoms with E-state index in [1.165, 1.54) is 0 Å². The van der Waals surface area contributed by atoms with Crippen molar-refractivity contribution in [3.8, 4) is 0 Å². The molecule has 76 valence electrons. The molecule has 0 heterocycles. The van der Waals surface area contributed by atoms with Crippen molar-refractivity contribution in [1.82, 2.24) is 0 Å². The van der Waals surface area contributed by atoms with Gasteiger partial charge in [-0.3, -0.25) is 4.79 Å². The largest absolute Gasteiger partial charge is 0.385 e. The number of rotatable bonds is 3. The Morgan fingerprint density at radius 3 is 2.85 bits per heavy atom. The molecule has 0 bridgehead atoms. The summed E-state index contributed by atoms with van der Waals surface area (Å²) in [6, 6.07) is 0. The van der Waals surface area contributed by atoms with Gasteiger partial charge in [0.15, 0.2) is 0 Å². The van der Waals surface area contributed by atoms with E-state index < -0.39 is 0 Å². The number of hydrogen-bond acceptors (Lipinski definition) is 2. The van der Waals surface area contributed by atoms with Crippen LogP contribution in [0.15, 0.2) is 0 Å². The second kappa shape index (κ2) is 4.23. The van der Waals surface area contributed by atoms with Crippen molar-refractivity contribution in [2.24, 2.45) is 11.3 Å². The van der Waals surface area contributed by atoms with Gasteiger partial charge in [0.25, 0.3) is 0 Å². The second-order valence-corrected chi connectivity index (χ2v) is 4.71. The lowest BCUT2D eigenvalue weighted by Gasteiger charge is -2.37. The number of carbonyl (C=O) groups is 1. The van der Waals surface area contributed by atoms with E-state index in [-0.39, 0.29) is 0 Å². The zero-order chi connectivity index (χ0) is 9.90. The van der Waals surface area contributed by atoms with Crippen molar-refractivity contribution in [2.45, 2.75) is 39.5 Å². The normalized spacial score (nSPS) is 27.6. The van der Waals surface area contributed by atoms with E-state index in [2.05, 4.69) is 13.8 Å². The van der Waals surface area contributed by atoms with Gasteiger partial charge >= 0.3 is 0 Å². The molecule has 1 aliphatic rings. The standard InChI is InChI=1S/C11H20O2/c1-11(2)6-4-10(12)8-9(11)5-7-13-3/h9H,4-8H2,1-3H3. The molecule has 2 heteroatoms. The Kier molecular flexibility index (Phi) is 3.48. The van der Waals surface area contributed by atoms with E-state index >= 15 is 0 Å². The fourth-order valence-electron chi connectivity index (χ4n) is 2.07. The Morgan fingerprint density at radius 2 is 2.23 bits per heavy atom. The molecular weight excluding hydrogens is 164 g/mol. The van der Waals surface area contributed by atoms with Gasteiger partial charge in [-0.2, -0.15) is 0 Å². The smallest absolute Gasteiger partial charge is 0.133 e. The number of ether oxygens (including phenoxy) is 1. The Morgan fingerprint density at radius 1 is 1.54 bits per heavy atom. The quantitative estimate of drug-likeness (QED) is 0.673. The van der Waals surface area contributed by atoms with Crippen molar-refractivity contribution in [3.05, 3.63) is 0 Å². The summed E-state index contributed by atoms with van der Waals surface area (Å²) in [7, 11) is 1.72. The van der Waals surface area contributed by atoms with Crippen LogP contribution in [0.25, 0.3) is 0 Å². The van der Waals surface area contributed by atoms with Gasteiger partial charge in [-0.15, -0.1) is 0 Å². The molecule has 0 N–H and O–H groups in total. The summed E-state index contributed by atoms with van der Waals surface area (Å²) in [6.45, 7) is 5.31. The molecule has 0 saturated heterocycles. The lowest BCUT2D eigenvalue weighted by molar-refractivity contribution is -0.124. The van der Waals surface area contributed by atoms with Crippen molar-refractivity contribution in [3.63, 3.8) is 0 Å². The summed E-state index contributed by atoms with van der Waals surface area (Å²) >= 11 is 0. The highest BCUT2D eigenvalue weighted by atomic mass is 16.5. The summed E-state index contributed by atoms with van der Waals surface area (Å²) < 4.78 is 5.06. The second-order valence-electron chi connectivity index (χ2n) is 4.71. The highest BCUT2D eigenvalue weighted by Gasteiger charge is 2.34. The minimum absolute atomic E-state index is 0.326. The first-order chi connectivity index (χ1) is 6.06. The van der Waals surface area contributed by atoms with Gasteiger partial charge in [0.05, 0.1) is 0 Å². The molecular formula is C11H20O2. The van der Waals surface area contributed by atoms with E-state index in [9.17, 15) is 4.79 Å². The van der Waals surface area contributed by atoms with Gasteiger partial charge in [-0.25, -0.2) is 0 Å². The SMILES string of the molecule is COCCC1CC(=O)CCC1(C)C. The average molecular weight is 184 g/mol. The average Bonchev–Trinajstić information content (AvgIpc) is 2.07. The molecule has 1 saturated carbocycles. The van der Waals surface area contributed by atoms with Crippen LogP contribution in [0.3, 0.4) is 0 Å². The third-order valence-electron chi connectivity index (χ3n) is 3.30. The number of hydrogen-bond donors (Lipinski definition) is 0. The van der Waals surface area contributed by atoms with E-state index in [4.69, 9.17) is 4.74 Å². The van der Waals surface area contributed by atoms with Crippen LogP contribution < -0.4 is 0 Å². The summed E-state index contributed by atoms with van der Waals surface area (Å²) in [5.74, 6) is 0.953. The Balaban J connectivity index is 2.50. The highest BCUT2D eigenvalue weighted by molar-refractivity contribution is 5.79. The van der Waals surface area contributed by atoms with Crippen LogP contribution in [-0.2, 0) is 9.53 Å². The van der Waals surface area contributed by atoms with Gasteiger partial charge < -0.3 is 4.74 Å². The third-order valence-corrected chi connectivity index (χ3v) is 3.30. The molecule has 0 spiro atoms. The minimum Gasteiger partial charge on any atom is -0.385 e. The monoisotopic (exact) mass is 184 g/mol. The molecule has 1 aliphatic carbocycles. The molecule has 13 heavy (non-hydrogen) atoms. The molecule has 0 aliphatic heterocycles. The van der Waals surface area contributed by atoms with Crippen LogP contribution in [0.5, 0.6) is 0 Å². The molecule has 0 radical (unpaired) electrons. The maximum Gasteiger partial charge on any atom is 0.133 e. The molecule has 0 aromatic carbocycles. The zero-order valence-electron chi connectivity index (χ0n) is 8.93. The third kappa shape index (κ3) is 2.80. The van der Waals surface area contributed by atoms with Crippen LogP contribution in [0.1, 0.15) is 39.5 Å². The maximum absolute atomic E-state index is 11.3. The lowest BCUT2D eigenvalue weighted by Crippen LogP contribution is -2.32. The zero-order valence-corrected chi connectivity index (χ0v) is 8.93. The predicted molar refractivity (Wildman–Crippen MR) is 52.6 cm³/mol. The molecule has 1 rings (SSSR count). The minimum atomic E-state index is 0.326. The fraction of sp³-hybridized carbons (Fsp3) is 0.909. The highest BCUT2D eigenvalue weighted by Crippen LogP contribution is 2.40. The molecule has 2 nitrogen and oxygen atoms in total.